The van der Waals surface area contributed by atoms with Gasteiger partial charge in [-0.1, -0.05) is 6.07 Å². The Morgan fingerprint density at radius 2 is 2.14 bits per heavy atom. The van der Waals surface area contributed by atoms with Crippen LogP contribution in [0.25, 0.3) is 0 Å². The average Bonchev–Trinajstić information content (AvgIpc) is 2.23. The van der Waals surface area contributed by atoms with Crippen LogP contribution in [-0.4, -0.2) is 23.9 Å². The molecule has 0 radical (unpaired) electrons. The van der Waals surface area contributed by atoms with Crippen LogP contribution in [0.5, 0.6) is 0 Å². The summed E-state index contributed by atoms with van der Waals surface area (Å²) < 4.78 is 0. The van der Waals surface area contributed by atoms with Gasteiger partial charge in [-0.3, -0.25) is 4.99 Å². The van der Waals surface area contributed by atoms with Gasteiger partial charge in [-0.25, -0.2) is 4.98 Å². The molecule has 3 nitrogen and oxygen atoms in total. The molecule has 0 saturated heterocycles. The van der Waals surface area contributed by atoms with Gasteiger partial charge in [0.2, 0.25) is 0 Å². The monoisotopic (exact) mass is 189 g/mol. The van der Waals surface area contributed by atoms with Crippen LogP contribution < -0.4 is 5.32 Å². The smallest absolute Gasteiger partial charge is 0.147 e. The lowest BCUT2D eigenvalue weighted by Crippen LogP contribution is -2.31. The van der Waals surface area contributed by atoms with Crippen molar-refractivity contribution in [3.63, 3.8) is 0 Å². The molecule has 0 amide bonds. The maximum atomic E-state index is 4.50. The van der Waals surface area contributed by atoms with Crippen LogP contribution in [-0.2, 0) is 0 Å². The molecule has 14 heavy (non-hydrogen) atoms. The molecular formula is C11H15N3. The minimum Gasteiger partial charge on any atom is -0.369 e. The van der Waals surface area contributed by atoms with E-state index in [0.717, 1.165) is 36.7 Å². The Hall–Kier alpha value is -1.38. The summed E-state index contributed by atoms with van der Waals surface area (Å²) in [7, 11) is 0. The molecule has 3 heteroatoms. The Kier molecular flexibility index (Phi) is 2.48. The third kappa shape index (κ3) is 1.76. The van der Waals surface area contributed by atoms with E-state index in [2.05, 4.69) is 28.3 Å². The number of aryl methyl sites for hydroxylation is 2. The van der Waals surface area contributed by atoms with E-state index in [0.29, 0.717) is 0 Å². The first kappa shape index (κ1) is 9.19. The summed E-state index contributed by atoms with van der Waals surface area (Å²) >= 11 is 0. The highest BCUT2D eigenvalue weighted by atomic mass is 15.0. The molecule has 0 unspecified atom stereocenters. The minimum atomic E-state index is 0.914. The lowest BCUT2D eigenvalue weighted by Gasteiger charge is -2.14. The molecule has 2 heterocycles. The van der Waals surface area contributed by atoms with Crippen molar-refractivity contribution in [1.82, 2.24) is 10.3 Å². The molecular weight excluding hydrogens is 174 g/mol. The highest BCUT2D eigenvalue weighted by Crippen LogP contribution is 2.06. The Bertz CT molecular complexity index is 369. The van der Waals surface area contributed by atoms with Gasteiger partial charge in [0.15, 0.2) is 0 Å². The molecule has 0 aromatic carbocycles. The summed E-state index contributed by atoms with van der Waals surface area (Å²) in [6.45, 7) is 6.02. The SMILES string of the molecule is Cc1ccc(C2=NCCCN2)nc1C. The highest BCUT2D eigenvalue weighted by Gasteiger charge is 2.08. The van der Waals surface area contributed by atoms with E-state index in [-0.39, 0.29) is 0 Å². The number of amidine groups is 1. The molecule has 0 atom stereocenters. The first-order valence-electron chi connectivity index (χ1n) is 5.00. The molecule has 0 aliphatic carbocycles. The van der Waals surface area contributed by atoms with Crippen LogP contribution in [0.15, 0.2) is 17.1 Å². The zero-order valence-electron chi connectivity index (χ0n) is 8.67. The maximum Gasteiger partial charge on any atom is 0.147 e. The fraction of sp³-hybridized carbons (Fsp3) is 0.455. The molecule has 0 bridgehead atoms. The zero-order valence-corrected chi connectivity index (χ0v) is 8.67. The standard InChI is InChI=1S/C11H15N3/c1-8-4-5-10(14-9(8)2)11-12-6-3-7-13-11/h4-5H,3,6-7H2,1-2H3,(H,12,13). The molecule has 0 fully saturated rings. The van der Waals surface area contributed by atoms with Crippen LogP contribution in [0.4, 0.5) is 0 Å². The molecule has 1 aliphatic rings. The van der Waals surface area contributed by atoms with Gasteiger partial charge in [0.25, 0.3) is 0 Å². The maximum absolute atomic E-state index is 4.50. The van der Waals surface area contributed by atoms with Gasteiger partial charge in [-0.05, 0) is 31.9 Å². The Labute approximate surface area is 84.3 Å². The summed E-state index contributed by atoms with van der Waals surface area (Å²) in [5.74, 6) is 0.944. The lowest BCUT2D eigenvalue weighted by atomic mass is 10.2. The Morgan fingerprint density at radius 3 is 2.79 bits per heavy atom. The van der Waals surface area contributed by atoms with E-state index in [1.807, 2.05) is 13.0 Å². The van der Waals surface area contributed by atoms with Crippen molar-refractivity contribution in [2.75, 3.05) is 13.1 Å². The molecule has 1 aromatic rings. The third-order valence-electron chi connectivity index (χ3n) is 2.49. The highest BCUT2D eigenvalue weighted by molar-refractivity contribution is 5.97. The number of pyridine rings is 1. The average molecular weight is 189 g/mol. The van der Waals surface area contributed by atoms with E-state index in [1.54, 1.807) is 0 Å². The number of aromatic nitrogens is 1. The summed E-state index contributed by atoms with van der Waals surface area (Å²) in [5, 5.41) is 3.27. The second kappa shape index (κ2) is 3.78. The third-order valence-corrected chi connectivity index (χ3v) is 2.49. The van der Waals surface area contributed by atoms with Crippen molar-refractivity contribution in [3.05, 3.63) is 29.1 Å². The van der Waals surface area contributed by atoms with Crippen LogP contribution in [0, 0.1) is 13.8 Å². The number of hydrogen-bond acceptors (Lipinski definition) is 3. The molecule has 0 saturated carbocycles. The van der Waals surface area contributed by atoms with Gasteiger partial charge in [-0.2, -0.15) is 0 Å². The van der Waals surface area contributed by atoms with Crippen LogP contribution >= 0.6 is 0 Å². The predicted octanol–water partition coefficient (Wildman–Crippen LogP) is 1.44. The van der Waals surface area contributed by atoms with Crippen molar-refractivity contribution in [3.8, 4) is 0 Å². The number of nitrogens with zero attached hydrogens (tertiary/aromatic N) is 2. The van der Waals surface area contributed by atoms with Crippen molar-refractivity contribution in [2.24, 2.45) is 4.99 Å². The fourth-order valence-corrected chi connectivity index (χ4v) is 1.47. The van der Waals surface area contributed by atoms with Gasteiger partial charge in [0.1, 0.15) is 11.5 Å². The van der Waals surface area contributed by atoms with Crippen molar-refractivity contribution in [1.29, 1.82) is 0 Å². The first-order chi connectivity index (χ1) is 6.77. The number of hydrogen-bond donors (Lipinski definition) is 1. The van der Waals surface area contributed by atoms with E-state index in [9.17, 15) is 0 Å². The summed E-state index contributed by atoms with van der Waals surface area (Å²) in [6.07, 6.45) is 1.12. The first-order valence-corrected chi connectivity index (χ1v) is 5.00. The van der Waals surface area contributed by atoms with Crippen LogP contribution in [0.2, 0.25) is 0 Å². The van der Waals surface area contributed by atoms with E-state index < -0.39 is 0 Å². The largest absolute Gasteiger partial charge is 0.369 e. The molecule has 74 valence electrons. The molecule has 0 spiro atoms. The molecule has 2 rings (SSSR count). The quantitative estimate of drug-likeness (QED) is 0.725. The van der Waals surface area contributed by atoms with Gasteiger partial charge in [0.05, 0.1) is 0 Å². The normalized spacial score (nSPS) is 16.0. The number of nitrogens with one attached hydrogen (secondary N) is 1. The predicted molar refractivity (Wildman–Crippen MR) is 57.7 cm³/mol. The zero-order chi connectivity index (χ0) is 9.97. The van der Waals surface area contributed by atoms with E-state index >= 15 is 0 Å². The minimum absolute atomic E-state index is 0.914. The fourth-order valence-electron chi connectivity index (χ4n) is 1.47. The summed E-state index contributed by atoms with van der Waals surface area (Å²) in [4.78, 5) is 8.92. The number of rotatable bonds is 1. The van der Waals surface area contributed by atoms with E-state index in [1.165, 1.54) is 5.56 Å². The Balaban J connectivity index is 2.32. The summed E-state index contributed by atoms with van der Waals surface area (Å²) in [5.41, 5.74) is 3.27. The lowest BCUT2D eigenvalue weighted by molar-refractivity contribution is 0.740. The Morgan fingerprint density at radius 1 is 1.29 bits per heavy atom. The molecule has 1 N–H and O–H groups in total. The van der Waals surface area contributed by atoms with Crippen LogP contribution in [0.1, 0.15) is 23.4 Å². The van der Waals surface area contributed by atoms with Crippen molar-refractivity contribution in [2.45, 2.75) is 20.3 Å². The van der Waals surface area contributed by atoms with Gasteiger partial charge >= 0.3 is 0 Å². The number of aliphatic imine (C=N–C) groups is 1. The van der Waals surface area contributed by atoms with Crippen molar-refractivity contribution >= 4 is 5.84 Å². The van der Waals surface area contributed by atoms with Gasteiger partial charge in [-0.15, -0.1) is 0 Å². The molecule has 1 aliphatic heterocycles. The topological polar surface area (TPSA) is 37.3 Å². The summed E-state index contributed by atoms with van der Waals surface area (Å²) in [6, 6.07) is 4.12. The second-order valence-corrected chi connectivity index (χ2v) is 3.61. The second-order valence-electron chi connectivity index (χ2n) is 3.61. The molecule has 1 aromatic heterocycles. The van der Waals surface area contributed by atoms with Crippen molar-refractivity contribution < 1.29 is 0 Å². The van der Waals surface area contributed by atoms with Gasteiger partial charge in [0, 0.05) is 18.8 Å². The van der Waals surface area contributed by atoms with E-state index in [4.69, 9.17) is 0 Å². The van der Waals surface area contributed by atoms with Crippen LogP contribution in [0.3, 0.4) is 0 Å². The van der Waals surface area contributed by atoms with Gasteiger partial charge < -0.3 is 5.32 Å².